The largest absolute Gasteiger partial charge is 0.375 e. The van der Waals surface area contributed by atoms with Gasteiger partial charge in [0.2, 0.25) is 11.8 Å². The van der Waals surface area contributed by atoms with Crippen LogP contribution < -0.4 is 15.5 Å². The fourth-order valence-corrected chi connectivity index (χ4v) is 3.05. The van der Waals surface area contributed by atoms with Crippen molar-refractivity contribution in [1.29, 1.82) is 0 Å². The number of benzene rings is 1. The summed E-state index contributed by atoms with van der Waals surface area (Å²) in [6.45, 7) is 5.48. The summed E-state index contributed by atoms with van der Waals surface area (Å²) in [5, 5.41) is 6.10. The number of halogens is 1. The SMILES string of the molecule is CC(=O)N1CCc2cc(NC(=O)[C@H]3NCCO[C@@H]3C)ccc21.Cl. The third-order valence-corrected chi connectivity index (χ3v) is 4.22. The van der Waals surface area contributed by atoms with E-state index < -0.39 is 0 Å². The Kier molecular flexibility index (Phi) is 5.62. The summed E-state index contributed by atoms with van der Waals surface area (Å²) in [5.74, 6) is -0.0403. The normalized spacial score (nSPS) is 23.0. The first-order chi connectivity index (χ1) is 10.6. The molecule has 2 N–H and O–H groups in total. The smallest absolute Gasteiger partial charge is 0.244 e. The molecular formula is C16H22ClN3O3. The highest BCUT2D eigenvalue weighted by atomic mass is 35.5. The number of ether oxygens (including phenoxy) is 1. The minimum Gasteiger partial charge on any atom is -0.375 e. The van der Waals surface area contributed by atoms with Crippen molar-refractivity contribution >= 4 is 35.6 Å². The van der Waals surface area contributed by atoms with E-state index in [0.717, 1.165) is 23.4 Å². The van der Waals surface area contributed by atoms with E-state index in [4.69, 9.17) is 4.74 Å². The van der Waals surface area contributed by atoms with E-state index in [2.05, 4.69) is 10.6 Å². The Labute approximate surface area is 142 Å². The molecule has 3 rings (SSSR count). The second kappa shape index (κ2) is 7.29. The highest BCUT2D eigenvalue weighted by Crippen LogP contribution is 2.30. The zero-order chi connectivity index (χ0) is 15.7. The number of nitrogens with zero attached hydrogens (tertiary/aromatic N) is 1. The van der Waals surface area contributed by atoms with E-state index >= 15 is 0 Å². The average Bonchev–Trinajstić information content (AvgIpc) is 2.91. The van der Waals surface area contributed by atoms with Gasteiger partial charge in [0.1, 0.15) is 6.04 Å². The van der Waals surface area contributed by atoms with Crippen molar-refractivity contribution in [2.24, 2.45) is 0 Å². The van der Waals surface area contributed by atoms with E-state index in [1.54, 1.807) is 11.8 Å². The van der Waals surface area contributed by atoms with Gasteiger partial charge in [0.25, 0.3) is 0 Å². The Hall–Kier alpha value is -1.63. The predicted molar refractivity (Wildman–Crippen MR) is 91.3 cm³/mol. The van der Waals surface area contributed by atoms with Crippen LogP contribution in [0, 0.1) is 0 Å². The second-order valence-electron chi connectivity index (χ2n) is 5.76. The molecule has 6 nitrogen and oxygen atoms in total. The van der Waals surface area contributed by atoms with Crippen LogP contribution in [-0.4, -0.2) is 43.7 Å². The molecule has 0 radical (unpaired) electrons. The van der Waals surface area contributed by atoms with Gasteiger partial charge in [-0.15, -0.1) is 12.4 Å². The number of anilines is 2. The van der Waals surface area contributed by atoms with Gasteiger partial charge in [0, 0.05) is 31.4 Å². The number of nitrogens with one attached hydrogen (secondary N) is 2. The van der Waals surface area contributed by atoms with Crippen LogP contribution in [0.25, 0.3) is 0 Å². The average molecular weight is 340 g/mol. The van der Waals surface area contributed by atoms with Crippen molar-refractivity contribution in [3.63, 3.8) is 0 Å². The molecule has 1 aromatic rings. The summed E-state index contributed by atoms with van der Waals surface area (Å²) in [6.07, 6.45) is 0.677. The van der Waals surface area contributed by atoms with Gasteiger partial charge in [-0.3, -0.25) is 9.59 Å². The van der Waals surface area contributed by atoms with Gasteiger partial charge in [0.05, 0.1) is 12.7 Å². The number of rotatable bonds is 2. The number of carbonyl (C=O) groups excluding carboxylic acids is 2. The fourth-order valence-electron chi connectivity index (χ4n) is 3.05. The highest BCUT2D eigenvalue weighted by Gasteiger charge is 2.29. The Bertz CT molecular complexity index is 608. The molecule has 0 spiro atoms. The van der Waals surface area contributed by atoms with Gasteiger partial charge in [-0.05, 0) is 37.1 Å². The van der Waals surface area contributed by atoms with Crippen LogP contribution in [0.15, 0.2) is 18.2 Å². The number of carbonyl (C=O) groups is 2. The zero-order valence-electron chi connectivity index (χ0n) is 13.3. The van der Waals surface area contributed by atoms with Crippen molar-refractivity contribution in [3.05, 3.63) is 23.8 Å². The summed E-state index contributed by atoms with van der Waals surface area (Å²) in [4.78, 5) is 25.6. The number of hydrogen-bond acceptors (Lipinski definition) is 4. The second-order valence-corrected chi connectivity index (χ2v) is 5.76. The van der Waals surface area contributed by atoms with Gasteiger partial charge in [-0.25, -0.2) is 0 Å². The fraction of sp³-hybridized carbons (Fsp3) is 0.500. The first-order valence-electron chi connectivity index (χ1n) is 7.63. The first kappa shape index (κ1) is 17.7. The van der Waals surface area contributed by atoms with Crippen molar-refractivity contribution in [3.8, 4) is 0 Å². The van der Waals surface area contributed by atoms with Crippen LogP contribution in [0.4, 0.5) is 11.4 Å². The summed E-state index contributed by atoms with van der Waals surface area (Å²) in [6, 6.07) is 5.35. The Morgan fingerprint density at radius 3 is 2.87 bits per heavy atom. The molecule has 1 aromatic carbocycles. The standard InChI is InChI=1S/C16H21N3O3.ClH/c1-10-15(17-6-8-22-10)16(21)18-13-3-4-14-12(9-13)5-7-19(14)11(2)20;/h3-4,9-10,15,17H,5-8H2,1-2H3,(H,18,21);1H/t10-,15+;/m1./s1. The maximum Gasteiger partial charge on any atom is 0.244 e. The van der Waals surface area contributed by atoms with Crippen molar-refractivity contribution in [2.75, 3.05) is 29.9 Å². The van der Waals surface area contributed by atoms with Crippen LogP contribution in [0.5, 0.6) is 0 Å². The zero-order valence-corrected chi connectivity index (χ0v) is 14.1. The lowest BCUT2D eigenvalue weighted by molar-refractivity contribution is -0.123. The molecule has 2 amide bonds. The third kappa shape index (κ3) is 3.65. The lowest BCUT2D eigenvalue weighted by Crippen LogP contribution is -2.53. The highest BCUT2D eigenvalue weighted by molar-refractivity contribution is 5.97. The molecule has 2 aliphatic rings. The number of amides is 2. The monoisotopic (exact) mass is 339 g/mol. The van der Waals surface area contributed by atoms with E-state index in [9.17, 15) is 9.59 Å². The van der Waals surface area contributed by atoms with Gasteiger partial charge in [0.15, 0.2) is 0 Å². The predicted octanol–water partition coefficient (Wildman–Crippen LogP) is 1.33. The van der Waals surface area contributed by atoms with E-state index in [1.807, 2.05) is 25.1 Å². The molecule has 7 heteroatoms. The Balaban J connectivity index is 0.00000192. The lowest BCUT2D eigenvalue weighted by atomic mass is 10.1. The van der Waals surface area contributed by atoms with Crippen LogP contribution >= 0.6 is 12.4 Å². The van der Waals surface area contributed by atoms with Crippen LogP contribution in [0.2, 0.25) is 0 Å². The molecule has 1 fully saturated rings. The summed E-state index contributed by atoms with van der Waals surface area (Å²) >= 11 is 0. The van der Waals surface area contributed by atoms with Crippen molar-refractivity contribution < 1.29 is 14.3 Å². The molecule has 0 unspecified atom stereocenters. The Morgan fingerprint density at radius 1 is 1.39 bits per heavy atom. The summed E-state index contributed by atoms with van der Waals surface area (Å²) in [7, 11) is 0. The van der Waals surface area contributed by atoms with Gasteiger partial charge in [-0.2, -0.15) is 0 Å². The molecule has 2 aliphatic heterocycles. The van der Waals surface area contributed by atoms with Crippen molar-refractivity contribution in [2.45, 2.75) is 32.4 Å². The maximum atomic E-state index is 12.3. The van der Waals surface area contributed by atoms with Crippen LogP contribution in [-0.2, 0) is 20.7 Å². The molecule has 0 aliphatic carbocycles. The van der Waals surface area contributed by atoms with Gasteiger partial charge >= 0.3 is 0 Å². The third-order valence-electron chi connectivity index (χ3n) is 4.22. The number of fused-ring (bicyclic) bond motifs is 1. The molecule has 0 aromatic heterocycles. The molecule has 23 heavy (non-hydrogen) atoms. The molecule has 2 heterocycles. The molecular weight excluding hydrogens is 318 g/mol. The molecule has 126 valence electrons. The molecule has 0 saturated carbocycles. The Morgan fingerprint density at radius 2 is 2.17 bits per heavy atom. The van der Waals surface area contributed by atoms with Crippen LogP contribution in [0.3, 0.4) is 0 Å². The van der Waals surface area contributed by atoms with E-state index in [1.165, 1.54) is 0 Å². The quantitative estimate of drug-likeness (QED) is 0.853. The summed E-state index contributed by atoms with van der Waals surface area (Å²) in [5.41, 5.74) is 2.79. The number of morpholine rings is 1. The molecule has 2 atom stereocenters. The van der Waals surface area contributed by atoms with Crippen molar-refractivity contribution in [1.82, 2.24) is 5.32 Å². The van der Waals surface area contributed by atoms with E-state index in [-0.39, 0.29) is 36.4 Å². The van der Waals surface area contributed by atoms with E-state index in [0.29, 0.717) is 19.7 Å². The summed E-state index contributed by atoms with van der Waals surface area (Å²) < 4.78 is 5.50. The number of hydrogen-bond donors (Lipinski definition) is 2. The first-order valence-corrected chi connectivity index (χ1v) is 7.63. The minimum atomic E-state index is -0.337. The van der Waals surface area contributed by atoms with Gasteiger partial charge < -0.3 is 20.3 Å². The topological polar surface area (TPSA) is 70.7 Å². The molecule has 1 saturated heterocycles. The van der Waals surface area contributed by atoms with Gasteiger partial charge in [-0.1, -0.05) is 0 Å². The lowest BCUT2D eigenvalue weighted by Gasteiger charge is -2.29. The van der Waals surface area contributed by atoms with Crippen LogP contribution in [0.1, 0.15) is 19.4 Å². The minimum absolute atomic E-state index is 0. The maximum absolute atomic E-state index is 12.3. The molecule has 0 bridgehead atoms.